The van der Waals surface area contributed by atoms with Gasteiger partial charge in [0.05, 0.1) is 0 Å². The molecule has 12 heavy (non-hydrogen) atoms. The van der Waals surface area contributed by atoms with Crippen LogP contribution in [0.3, 0.4) is 0 Å². The molecule has 0 aliphatic rings. The maximum absolute atomic E-state index is 3.42. The molecular weight excluding hydrogens is 146 g/mol. The second-order valence-electron chi connectivity index (χ2n) is 4.34. The van der Waals surface area contributed by atoms with E-state index in [2.05, 4.69) is 52.1 Å². The van der Waals surface area contributed by atoms with E-state index in [1.807, 2.05) is 0 Å². The fraction of sp³-hybridized carbons (Fsp3) is 0.818. The van der Waals surface area contributed by atoms with Crippen LogP contribution in [0.2, 0.25) is 0 Å². The largest absolute Gasteiger partial charge is 0.313 e. The monoisotopic (exact) mass is 169 g/mol. The quantitative estimate of drug-likeness (QED) is 0.493. The lowest BCUT2D eigenvalue weighted by molar-refractivity contribution is 0.242. The molecule has 0 aliphatic heterocycles. The molecule has 0 aromatic carbocycles. The fourth-order valence-electron chi connectivity index (χ4n) is 0.800. The van der Waals surface area contributed by atoms with Crippen molar-refractivity contribution in [3.8, 4) is 0 Å². The Morgan fingerprint density at radius 1 is 1.33 bits per heavy atom. The van der Waals surface area contributed by atoms with Crippen LogP contribution in [0.15, 0.2) is 12.2 Å². The van der Waals surface area contributed by atoms with Gasteiger partial charge in [-0.1, -0.05) is 39.8 Å². The van der Waals surface area contributed by atoms with Gasteiger partial charge in [-0.3, -0.25) is 0 Å². The molecule has 0 amide bonds. The molecule has 0 fully saturated rings. The van der Waals surface area contributed by atoms with E-state index in [0.717, 1.165) is 19.0 Å². The summed E-state index contributed by atoms with van der Waals surface area (Å²) in [4.78, 5) is 0. The average molecular weight is 169 g/mol. The first-order chi connectivity index (χ1) is 5.50. The second-order valence-corrected chi connectivity index (χ2v) is 4.34. The van der Waals surface area contributed by atoms with Crippen molar-refractivity contribution in [3.05, 3.63) is 12.2 Å². The highest BCUT2D eigenvalue weighted by Gasteiger charge is 2.20. The number of hydrogen-bond acceptors (Lipinski definition) is 1. The molecule has 0 aromatic rings. The molecule has 0 bridgehead atoms. The molecule has 0 atom stereocenters. The predicted molar refractivity (Wildman–Crippen MR) is 56.3 cm³/mol. The minimum atomic E-state index is 0.404. The van der Waals surface area contributed by atoms with Crippen molar-refractivity contribution in [3.63, 3.8) is 0 Å². The third kappa shape index (κ3) is 4.55. The van der Waals surface area contributed by atoms with Crippen LogP contribution in [0.25, 0.3) is 0 Å². The third-order valence-electron chi connectivity index (χ3n) is 2.64. The molecular formula is C11H23N. The zero-order chi connectivity index (χ0) is 9.61. The minimum absolute atomic E-state index is 0.404. The summed E-state index contributed by atoms with van der Waals surface area (Å²) in [5, 5.41) is 3.42. The van der Waals surface area contributed by atoms with E-state index in [1.165, 1.54) is 0 Å². The van der Waals surface area contributed by atoms with E-state index < -0.39 is 0 Å². The van der Waals surface area contributed by atoms with Crippen LogP contribution in [-0.2, 0) is 0 Å². The van der Waals surface area contributed by atoms with Crippen molar-refractivity contribution in [2.24, 2.45) is 11.3 Å². The summed E-state index contributed by atoms with van der Waals surface area (Å²) in [7, 11) is 0. The molecule has 0 radical (unpaired) electrons. The van der Waals surface area contributed by atoms with Crippen molar-refractivity contribution >= 4 is 0 Å². The summed E-state index contributed by atoms with van der Waals surface area (Å²) in [6, 6.07) is 0. The Labute approximate surface area is 77.2 Å². The molecule has 1 nitrogen and oxygen atoms in total. The first-order valence-electron chi connectivity index (χ1n) is 4.82. The molecule has 72 valence electrons. The topological polar surface area (TPSA) is 12.0 Å². The number of nitrogens with one attached hydrogen (secondary N) is 1. The highest BCUT2D eigenvalue weighted by molar-refractivity contribution is 4.82. The first kappa shape index (κ1) is 11.7. The molecule has 0 aliphatic carbocycles. The summed E-state index contributed by atoms with van der Waals surface area (Å²) in [5.74, 6) is 0.732. The van der Waals surface area contributed by atoms with Crippen molar-refractivity contribution in [2.75, 3.05) is 13.1 Å². The average Bonchev–Trinajstić information content (AvgIpc) is 1.98. The van der Waals surface area contributed by atoms with Crippen molar-refractivity contribution in [1.82, 2.24) is 5.32 Å². The van der Waals surface area contributed by atoms with Gasteiger partial charge in [-0.2, -0.15) is 0 Å². The van der Waals surface area contributed by atoms with E-state index in [0.29, 0.717) is 5.41 Å². The van der Waals surface area contributed by atoms with E-state index in [1.54, 1.807) is 0 Å². The highest BCUT2D eigenvalue weighted by atomic mass is 14.9. The Morgan fingerprint density at radius 2 is 1.92 bits per heavy atom. The molecule has 0 heterocycles. The molecule has 0 aromatic heterocycles. The van der Waals surface area contributed by atoms with Crippen LogP contribution in [-0.4, -0.2) is 13.1 Å². The minimum Gasteiger partial charge on any atom is -0.313 e. The maximum atomic E-state index is 3.42. The number of rotatable bonds is 5. The SMILES string of the molecule is C/C=C/CNCC(C)(C)C(C)C. The van der Waals surface area contributed by atoms with Crippen molar-refractivity contribution < 1.29 is 0 Å². The molecule has 0 saturated heterocycles. The molecule has 0 spiro atoms. The van der Waals surface area contributed by atoms with Gasteiger partial charge in [-0.25, -0.2) is 0 Å². The molecule has 0 saturated carbocycles. The van der Waals surface area contributed by atoms with E-state index >= 15 is 0 Å². The van der Waals surface area contributed by atoms with Crippen molar-refractivity contribution in [2.45, 2.75) is 34.6 Å². The molecule has 1 heteroatoms. The third-order valence-corrected chi connectivity index (χ3v) is 2.64. The van der Waals surface area contributed by atoms with Crippen LogP contribution in [0, 0.1) is 11.3 Å². The standard InChI is InChI=1S/C11H23N/c1-6-7-8-12-9-11(4,5)10(2)3/h6-7,10,12H,8-9H2,1-5H3/b7-6+. The smallest absolute Gasteiger partial charge is 0.0135 e. The summed E-state index contributed by atoms with van der Waals surface area (Å²) in [6.45, 7) is 13.3. The lowest BCUT2D eigenvalue weighted by Crippen LogP contribution is -2.33. The van der Waals surface area contributed by atoms with Gasteiger partial charge >= 0.3 is 0 Å². The summed E-state index contributed by atoms with van der Waals surface area (Å²) in [5.41, 5.74) is 0.404. The molecule has 1 N–H and O–H groups in total. The van der Waals surface area contributed by atoms with Crippen LogP contribution >= 0.6 is 0 Å². The summed E-state index contributed by atoms with van der Waals surface area (Å²) in [6.07, 6.45) is 4.23. The van der Waals surface area contributed by atoms with Gasteiger partial charge in [0, 0.05) is 13.1 Å². The normalized spacial score (nSPS) is 13.2. The lowest BCUT2D eigenvalue weighted by atomic mass is 9.81. The van der Waals surface area contributed by atoms with Crippen LogP contribution < -0.4 is 5.32 Å². The van der Waals surface area contributed by atoms with E-state index in [-0.39, 0.29) is 0 Å². The molecule has 0 unspecified atom stereocenters. The number of hydrogen-bond donors (Lipinski definition) is 1. The van der Waals surface area contributed by atoms with Gasteiger partial charge in [-0.05, 0) is 18.3 Å². The van der Waals surface area contributed by atoms with Gasteiger partial charge < -0.3 is 5.32 Å². The lowest BCUT2D eigenvalue weighted by Gasteiger charge is -2.29. The van der Waals surface area contributed by atoms with Crippen LogP contribution in [0.4, 0.5) is 0 Å². The fourth-order valence-corrected chi connectivity index (χ4v) is 0.800. The Morgan fingerprint density at radius 3 is 2.33 bits per heavy atom. The molecule has 0 rings (SSSR count). The Balaban J connectivity index is 3.61. The number of allylic oxidation sites excluding steroid dienone is 1. The van der Waals surface area contributed by atoms with E-state index in [9.17, 15) is 0 Å². The van der Waals surface area contributed by atoms with Gasteiger partial charge in [0.1, 0.15) is 0 Å². The van der Waals surface area contributed by atoms with E-state index in [4.69, 9.17) is 0 Å². The van der Waals surface area contributed by atoms with Gasteiger partial charge in [-0.15, -0.1) is 0 Å². The van der Waals surface area contributed by atoms with Gasteiger partial charge in [0.2, 0.25) is 0 Å². The Kier molecular flexibility index (Phi) is 5.23. The first-order valence-corrected chi connectivity index (χ1v) is 4.82. The predicted octanol–water partition coefficient (Wildman–Crippen LogP) is 2.83. The Hall–Kier alpha value is -0.300. The maximum Gasteiger partial charge on any atom is 0.0135 e. The highest BCUT2D eigenvalue weighted by Crippen LogP contribution is 2.24. The van der Waals surface area contributed by atoms with Crippen LogP contribution in [0.1, 0.15) is 34.6 Å². The zero-order valence-corrected chi connectivity index (χ0v) is 9.15. The summed E-state index contributed by atoms with van der Waals surface area (Å²) >= 11 is 0. The summed E-state index contributed by atoms with van der Waals surface area (Å²) < 4.78 is 0. The second kappa shape index (κ2) is 5.36. The van der Waals surface area contributed by atoms with Gasteiger partial charge in [0.25, 0.3) is 0 Å². The zero-order valence-electron chi connectivity index (χ0n) is 9.15. The van der Waals surface area contributed by atoms with Crippen LogP contribution in [0.5, 0.6) is 0 Å². The van der Waals surface area contributed by atoms with Gasteiger partial charge in [0.15, 0.2) is 0 Å². The Bertz CT molecular complexity index is 134. The van der Waals surface area contributed by atoms with Crippen molar-refractivity contribution in [1.29, 1.82) is 0 Å².